The number of rotatable bonds is 4. The van der Waals surface area contributed by atoms with E-state index in [1.807, 2.05) is 0 Å². The van der Waals surface area contributed by atoms with Crippen molar-refractivity contribution in [3.8, 4) is 0 Å². The van der Waals surface area contributed by atoms with Crippen molar-refractivity contribution in [3.05, 3.63) is 53.7 Å². The number of hydrogen-bond acceptors (Lipinski definition) is 3. The summed E-state index contributed by atoms with van der Waals surface area (Å²) in [6.07, 6.45) is 0. The zero-order chi connectivity index (χ0) is 12.3. The van der Waals surface area contributed by atoms with E-state index in [4.69, 9.17) is 10.2 Å². The fourth-order valence-corrected chi connectivity index (χ4v) is 2.43. The molecule has 0 bridgehead atoms. The van der Waals surface area contributed by atoms with Gasteiger partial charge in [0.1, 0.15) is 17.3 Å². The molecule has 2 rings (SSSR count). The Hall–Kier alpha value is -1.46. The highest BCUT2D eigenvalue weighted by atomic mass is 32.2. The van der Waals surface area contributed by atoms with Crippen LogP contribution >= 0.6 is 0 Å². The minimum atomic E-state index is -1.23. The van der Waals surface area contributed by atoms with E-state index in [0.717, 1.165) is 0 Å². The van der Waals surface area contributed by atoms with E-state index in [-0.39, 0.29) is 11.6 Å². The predicted molar refractivity (Wildman–Crippen MR) is 63.1 cm³/mol. The van der Waals surface area contributed by atoms with Crippen molar-refractivity contribution in [1.29, 1.82) is 0 Å². The Morgan fingerprint density at radius 1 is 1.12 bits per heavy atom. The minimum Gasteiger partial charge on any atom is -0.464 e. The summed E-state index contributed by atoms with van der Waals surface area (Å²) in [6, 6.07) is 9.12. The maximum atomic E-state index is 12.7. The van der Waals surface area contributed by atoms with E-state index in [1.165, 1.54) is 24.3 Å². The van der Waals surface area contributed by atoms with E-state index in [9.17, 15) is 8.60 Å². The highest BCUT2D eigenvalue weighted by Gasteiger charge is 2.08. The molecule has 1 unspecified atom stereocenters. The lowest BCUT2D eigenvalue weighted by atomic mass is 10.4. The number of hydrogen-bond donors (Lipinski definition) is 1. The number of furan rings is 1. The lowest BCUT2D eigenvalue weighted by Crippen LogP contribution is -1.96. The summed E-state index contributed by atoms with van der Waals surface area (Å²) < 4.78 is 30.0. The van der Waals surface area contributed by atoms with Crippen LogP contribution in [0.15, 0.2) is 45.7 Å². The normalized spacial score (nSPS) is 12.6. The van der Waals surface area contributed by atoms with Gasteiger partial charge in [-0.2, -0.15) is 0 Å². The van der Waals surface area contributed by atoms with Crippen LogP contribution in [-0.2, 0) is 23.1 Å². The molecule has 0 aliphatic heterocycles. The smallest absolute Gasteiger partial charge is 0.123 e. The first kappa shape index (κ1) is 12.0. The van der Waals surface area contributed by atoms with Crippen LogP contribution in [0.5, 0.6) is 0 Å². The van der Waals surface area contributed by atoms with Gasteiger partial charge in [-0.1, -0.05) is 0 Å². The van der Waals surface area contributed by atoms with E-state index in [0.29, 0.717) is 23.0 Å². The van der Waals surface area contributed by atoms with Crippen LogP contribution in [0.4, 0.5) is 4.39 Å². The standard InChI is InChI=1S/C12H12FNO2S/c13-9-1-5-12(6-2-9)17(15)8-11-4-3-10(7-14)16-11/h1-6H,7-8,14H2. The zero-order valence-electron chi connectivity index (χ0n) is 9.06. The van der Waals surface area contributed by atoms with E-state index >= 15 is 0 Å². The lowest BCUT2D eigenvalue weighted by Gasteiger charge is -2.00. The van der Waals surface area contributed by atoms with Crippen molar-refractivity contribution in [2.24, 2.45) is 5.73 Å². The fraction of sp³-hybridized carbons (Fsp3) is 0.167. The minimum absolute atomic E-state index is 0.269. The first-order valence-electron chi connectivity index (χ1n) is 5.10. The molecule has 17 heavy (non-hydrogen) atoms. The van der Waals surface area contributed by atoms with Crippen LogP contribution in [-0.4, -0.2) is 4.21 Å². The average molecular weight is 253 g/mol. The number of benzene rings is 1. The summed E-state index contributed by atoms with van der Waals surface area (Å²) in [5.74, 6) is 1.21. The van der Waals surface area contributed by atoms with Gasteiger partial charge in [-0.3, -0.25) is 4.21 Å². The zero-order valence-corrected chi connectivity index (χ0v) is 9.87. The van der Waals surface area contributed by atoms with Crippen LogP contribution < -0.4 is 5.73 Å². The molecule has 1 aromatic heterocycles. The topological polar surface area (TPSA) is 56.2 Å². The third kappa shape index (κ3) is 3.01. The summed E-state index contributed by atoms with van der Waals surface area (Å²) in [5, 5.41) is 0. The lowest BCUT2D eigenvalue weighted by molar-refractivity contribution is 0.481. The van der Waals surface area contributed by atoms with Gasteiger partial charge < -0.3 is 10.2 Å². The molecule has 2 aromatic rings. The summed E-state index contributed by atoms with van der Waals surface area (Å²) in [4.78, 5) is 0.581. The molecular weight excluding hydrogens is 241 g/mol. The van der Waals surface area contributed by atoms with Crippen LogP contribution in [0.3, 0.4) is 0 Å². The molecule has 3 nitrogen and oxygen atoms in total. The summed E-state index contributed by atoms with van der Waals surface area (Å²) >= 11 is 0. The second-order valence-electron chi connectivity index (χ2n) is 3.52. The van der Waals surface area contributed by atoms with E-state index in [2.05, 4.69) is 0 Å². The molecule has 1 heterocycles. The SMILES string of the molecule is NCc1ccc(CS(=O)c2ccc(F)cc2)o1. The van der Waals surface area contributed by atoms with Gasteiger partial charge in [0.2, 0.25) is 0 Å². The average Bonchev–Trinajstić information content (AvgIpc) is 2.77. The Morgan fingerprint density at radius 2 is 1.76 bits per heavy atom. The first-order valence-corrected chi connectivity index (χ1v) is 6.42. The molecule has 0 aliphatic carbocycles. The second-order valence-corrected chi connectivity index (χ2v) is 4.97. The number of nitrogens with two attached hydrogens (primary N) is 1. The molecule has 0 spiro atoms. The van der Waals surface area contributed by atoms with Gasteiger partial charge >= 0.3 is 0 Å². The quantitative estimate of drug-likeness (QED) is 0.908. The van der Waals surface area contributed by atoms with Crippen molar-refractivity contribution < 1.29 is 13.0 Å². The van der Waals surface area contributed by atoms with Crippen molar-refractivity contribution in [1.82, 2.24) is 0 Å². The highest BCUT2D eigenvalue weighted by Crippen LogP contribution is 2.15. The highest BCUT2D eigenvalue weighted by molar-refractivity contribution is 7.84. The van der Waals surface area contributed by atoms with Crippen molar-refractivity contribution in [3.63, 3.8) is 0 Å². The molecule has 0 radical (unpaired) electrons. The first-order chi connectivity index (χ1) is 8.19. The molecule has 5 heteroatoms. The third-order valence-corrected chi connectivity index (χ3v) is 3.61. The molecule has 0 fully saturated rings. The van der Waals surface area contributed by atoms with Crippen LogP contribution in [0.1, 0.15) is 11.5 Å². The summed E-state index contributed by atoms with van der Waals surface area (Å²) in [5.41, 5.74) is 5.41. The summed E-state index contributed by atoms with van der Waals surface area (Å²) in [7, 11) is -1.23. The molecule has 1 aromatic carbocycles. The van der Waals surface area contributed by atoms with Gasteiger partial charge in [-0.15, -0.1) is 0 Å². The molecule has 0 saturated carbocycles. The molecule has 1 atom stereocenters. The Labute approximate surface area is 101 Å². The Balaban J connectivity index is 2.08. The van der Waals surface area contributed by atoms with Crippen LogP contribution in [0.2, 0.25) is 0 Å². The van der Waals surface area contributed by atoms with Gasteiger partial charge in [0.05, 0.1) is 23.1 Å². The second kappa shape index (κ2) is 5.25. The summed E-state index contributed by atoms with van der Waals surface area (Å²) in [6.45, 7) is 0.323. The van der Waals surface area contributed by atoms with Crippen molar-refractivity contribution in [2.45, 2.75) is 17.2 Å². The molecule has 2 N–H and O–H groups in total. The van der Waals surface area contributed by atoms with E-state index < -0.39 is 10.8 Å². The van der Waals surface area contributed by atoms with Crippen molar-refractivity contribution in [2.75, 3.05) is 0 Å². The monoisotopic (exact) mass is 253 g/mol. The van der Waals surface area contributed by atoms with Gasteiger partial charge in [0, 0.05) is 4.90 Å². The predicted octanol–water partition coefficient (Wildman–Crippen LogP) is 2.19. The van der Waals surface area contributed by atoms with Gasteiger partial charge in [0.25, 0.3) is 0 Å². The largest absolute Gasteiger partial charge is 0.464 e. The molecule has 0 aliphatic rings. The Bertz CT molecular complexity index is 522. The van der Waals surface area contributed by atoms with E-state index in [1.54, 1.807) is 12.1 Å². The van der Waals surface area contributed by atoms with Gasteiger partial charge in [-0.05, 0) is 36.4 Å². The Morgan fingerprint density at radius 3 is 2.35 bits per heavy atom. The fourth-order valence-electron chi connectivity index (χ4n) is 1.41. The van der Waals surface area contributed by atoms with Gasteiger partial charge in [-0.25, -0.2) is 4.39 Å². The maximum Gasteiger partial charge on any atom is 0.123 e. The third-order valence-electron chi connectivity index (χ3n) is 2.27. The van der Waals surface area contributed by atoms with Gasteiger partial charge in [0.15, 0.2) is 0 Å². The van der Waals surface area contributed by atoms with Crippen LogP contribution in [0, 0.1) is 5.82 Å². The molecule has 0 saturated heterocycles. The molecule has 90 valence electrons. The van der Waals surface area contributed by atoms with Crippen LogP contribution in [0.25, 0.3) is 0 Å². The molecular formula is C12H12FNO2S. The maximum absolute atomic E-state index is 12.7. The molecule has 0 amide bonds. The Kier molecular flexibility index (Phi) is 3.71. The number of halogens is 1. The van der Waals surface area contributed by atoms with Crippen molar-refractivity contribution >= 4 is 10.8 Å².